The molecule has 7 heteroatoms. The van der Waals surface area contributed by atoms with Crippen LogP contribution in [0.5, 0.6) is 0 Å². The van der Waals surface area contributed by atoms with Crippen molar-refractivity contribution >= 4 is 11.9 Å². The Hall–Kier alpha value is -2.67. The Balaban J connectivity index is 1.54. The lowest BCUT2D eigenvalue weighted by atomic mass is 10.1. The van der Waals surface area contributed by atoms with Gasteiger partial charge in [0.15, 0.2) is 0 Å². The molecule has 132 valence electrons. The Morgan fingerprint density at radius 1 is 1.32 bits per heavy atom. The van der Waals surface area contributed by atoms with E-state index in [0.717, 1.165) is 11.1 Å². The summed E-state index contributed by atoms with van der Waals surface area (Å²) >= 11 is 0. The van der Waals surface area contributed by atoms with E-state index in [1.165, 1.54) is 0 Å². The van der Waals surface area contributed by atoms with Gasteiger partial charge in [0.25, 0.3) is 0 Å². The number of amides is 1. The van der Waals surface area contributed by atoms with E-state index in [2.05, 4.69) is 5.10 Å². The second-order valence-corrected chi connectivity index (χ2v) is 6.15. The van der Waals surface area contributed by atoms with Gasteiger partial charge in [-0.05, 0) is 24.1 Å². The topological polar surface area (TPSA) is 84.7 Å². The van der Waals surface area contributed by atoms with Crippen molar-refractivity contribution in [1.29, 1.82) is 0 Å². The first-order chi connectivity index (χ1) is 12.0. The number of carboxylic acid groups (broad SMARTS) is 1. The molecule has 1 aliphatic rings. The normalized spacial score (nSPS) is 17.5. The number of ether oxygens (including phenoxy) is 1. The molecular weight excluding hydrogens is 322 g/mol. The van der Waals surface area contributed by atoms with Crippen LogP contribution < -0.4 is 0 Å². The summed E-state index contributed by atoms with van der Waals surface area (Å²) in [6.45, 7) is 1.63. The van der Waals surface area contributed by atoms with Crippen LogP contribution in [0, 0.1) is 0 Å². The van der Waals surface area contributed by atoms with Crippen molar-refractivity contribution in [2.45, 2.75) is 18.9 Å². The first kappa shape index (κ1) is 17.2. The van der Waals surface area contributed by atoms with Crippen LogP contribution in [-0.2, 0) is 23.0 Å². The maximum atomic E-state index is 12.5. The Labute approximate surface area is 145 Å². The largest absolute Gasteiger partial charge is 0.478 e. The zero-order valence-corrected chi connectivity index (χ0v) is 14.1. The van der Waals surface area contributed by atoms with Gasteiger partial charge in [0, 0.05) is 31.8 Å². The van der Waals surface area contributed by atoms with E-state index in [0.29, 0.717) is 32.5 Å². The van der Waals surface area contributed by atoms with E-state index in [-0.39, 0.29) is 17.6 Å². The van der Waals surface area contributed by atoms with E-state index < -0.39 is 5.97 Å². The smallest absolute Gasteiger partial charge is 0.335 e. The fourth-order valence-corrected chi connectivity index (χ4v) is 2.91. The number of hydrogen-bond acceptors (Lipinski definition) is 4. The maximum Gasteiger partial charge on any atom is 0.335 e. The van der Waals surface area contributed by atoms with Gasteiger partial charge in [-0.3, -0.25) is 9.48 Å². The molecule has 3 rings (SSSR count). The zero-order chi connectivity index (χ0) is 17.8. The van der Waals surface area contributed by atoms with Gasteiger partial charge in [0.1, 0.15) is 6.10 Å². The maximum absolute atomic E-state index is 12.5. The van der Waals surface area contributed by atoms with Crippen molar-refractivity contribution in [1.82, 2.24) is 14.7 Å². The molecule has 1 N–H and O–H groups in total. The number of carboxylic acids is 1. The molecule has 25 heavy (non-hydrogen) atoms. The molecule has 1 aromatic heterocycles. The van der Waals surface area contributed by atoms with Gasteiger partial charge in [-0.2, -0.15) is 5.10 Å². The van der Waals surface area contributed by atoms with Crippen LogP contribution in [0.1, 0.15) is 34.0 Å². The summed E-state index contributed by atoms with van der Waals surface area (Å²) in [7, 11) is 1.85. The van der Waals surface area contributed by atoms with Crippen molar-refractivity contribution in [3.05, 3.63) is 53.3 Å². The van der Waals surface area contributed by atoms with Gasteiger partial charge in [0.05, 0.1) is 24.9 Å². The number of carbonyl (C=O) groups is 2. The van der Waals surface area contributed by atoms with Crippen LogP contribution in [0.2, 0.25) is 0 Å². The highest BCUT2D eigenvalue weighted by atomic mass is 16.5. The molecule has 1 amide bonds. The summed E-state index contributed by atoms with van der Waals surface area (Å²) in [5.41, 5.74) is 2.18. The molecular formula is C18H21N3O4. The summed E-state index contributed by atoms with van der Waals surface area (Å²) in [4.78, 5) is 25.2. The minimum Gasteiger partial charge on any atom is -0.478 e. The summed E-state index contributed by atoms with van der Waals surface area (Å²) in [5, 5.41) is 13.1. The second-order valence-electron chi connectivity index (χ2n) is 6.15. The summed E-state index contributed by atoms with van der Waals surface area (Å²) in [6, 6.07) is 6.65. The molecule has 1 saturated heterocycles. The molecule has 1 atom stereocenters. The number of rotatable bonds is 5. The molecule has 7 nitrogen and oxygen atoms in total. The van der Waals surface area contributed by atoms with Crippen LogP contribution in [-0.4, -0.2) is 51.4 Å². The molecule has 1 fully saturated rings. The van der Waals surface area contributed by atoms with Crippen LogP contribution in [0.15, 0.2) is 36.7 Å². The molecule has 2 aromatic rings. The SMILES string of the molecule is Cn1cc([C@H]2CN(C(=O)CCc3ccc(C(=O)O)cc3)CCO2)cn1. The zero-order valence-electron chi connectivity index (χ0n) is 14.1. The predicted octanol–water partition coefficient (Wildman–Crippen LogP) is 1.65. The van der Waals surface area contributed by atoms with E-state index in [4.69, 9.17) is 9.84 Å². The van der Waals surface area contributed by atoms with Gasteiger partial charge in [0.2, 0.25) is 5.91 Å². The number of aryl methyl sites for hydroxylation is 2. The first-order valence-electron chi connectivity index (χ1n) is 8.23. The Morgan fingerprint density at radius 3 is 2.72 bits per heavy atom. The number of hydrogen-bond donors (Lipinski definition) is 1. The number of aromatic carboxylic acids is 1. The standard InChI is InChI=1S/C18H21N3O4/c1-20-11-15(10-19-20)16-12-21(8-9-25-16)17(22)7-4-13-2-5-14(6-3-13)18(23)24/h2-3,5-6,10-11,16H,4,7-9,12H2,1H3,(H,23,24)/t16-/m1/s1. The third kappa shape index (κ3) is 4.24. The monoisotopic (exact) mass is 343 g/mol. The van der Waals surface area contributed by atoms with Crippen LogP contribution in [0.3, 0.4) is 0 Å². The highest BCUT2D eigenvalue weighted by molar-refractivity contribution is 5.87. The Morgan fingerprint density at radius 2 is 2.08 bits per heavy atom. The molecule has 2 heterocycles. The summed E-state index contributed by atoms with van der Waals surface area (Å²) < 4.78 is 7.48. The quantitative estimate of drug-likeness (QED) is 0.892. The lowest BCUT2D eigenvalue weighted by Gasteiger charge is -2.32. The first-order valence-corrected chi connectivity index (χ1v) is 8.23. The third-order valence-corrected chi connectivity index (χ3v) is 4.34. The van der Waals surface area contributed by atoms with Crippen molar-refractivity contribution in [3.63, 3.8) is 0 Å². The van der Waals surface area contributed by atoms with Crippen molar-refractivity contribution in [3.8, 4) is 0 Å². The van der Waals surface area contributed by atoms with Gasteiger partial charge < -0.3 is 14.7 Å². The number of benzene rings is 1. The van der Waals surface area contributed by atoms with Gasteiger partial charge in [-0.25, -0.2) is 4.79 Å². The van der Waals surface area contributed by atoms with E-state index >= 15 is 0 Å². The molecule has 0 radical (unpaired) electrons. The number of aromatic nitrogens is 2. The van der Waals surface area contributed by atoms with Crippen molar-refractivity contribution < 1.29 is 19.4 Å². The lowest BCUT2D eigenvalue weighted by Crippen LogP contribution is -2.42. The highest BCUT2D eigenvalue weighted by Crippen LogP contribution is 2.22. The number of carbonyl (C=O) groups excluding carboxylic acids is 1. The van der Waals surface area contributed by atoms with Gasteiger partial charge in [-0.15, -0.1) is 0 Å². The van der Waals surface area contributed by atoms with Crippen LogP contribution >= 0.6 is 0 Å². The third-order valence-electron chi connectivity index (χ3n) is 4.34. The van der Waals surface area contributed by atoms with Crippen LogP contribution in [0.25, 0.3) is 0 Å². The van der Waals surface area contributed by atoms with E-state index in [1.807, 2.05) is 18.1 Å². The molecule has 0 aliphatic carbocycles. The molecule has 1 aliphatic heterocycles. The van der Waals surface area contributed by atoms with Crippen LogP contribution in [0.4, 0.5) is 0 Å². The highest BCUT2D eigenvalue weighted by Gasteiger charge is 2.25. The molecule has 0 bridgehead atoms. The average molecular weight is 343 g/mol. The Bertz CT molecular complexity index is 754. The van der Waals surface area contributed by atoms with Gasteiger partial charge >= 0.3 is 5.97 Å². The van der Waals surface area contributed by atoms with E-state index in [9.17, 15) is 9.59 Å². The second kappa shape index (κ2) is 7.48. The molecule has 1 aromatic carbocycles. The summed E-state index contributed by atoms with van der Waals surface area (Å²) in [5.74, 6) is -0.864. The fourth-order valence-electron chi connectivity index (χ4n) is 2.91. The average Bonchev–Trinajstić information content (AvgIpc) is 3.06. The number of nitrogens with zero attached hydrogens (tertiary/aromatic N) is 3. The van der Waals surface area contributed by atoms with Crippen molar-refractivity contribution in [2.75, 3.05) is 19.7 Å². The molecule has 0 spiro atoms. The minimum absolute atomic E-state index is 0.0829. The molecule has 0 unspecified atom stereocenters. The van der Waals surface area contributed by atoms with E-state index in [1.54, 1.807) is 35.1 Å². The lowest BCUT2D eigenvalue weighted by molar-refractivity contribution is -0.139. The minimum atomic E-state index is -0.947. The van der Waals surface area contributed by atoms with Gasteiger partial charge in [-0.1, -0.05) is 12.1 Å². The molecule has 0 saturated carbocycles. The summed E-state index contributed by atoms with van der Waals surface area (Å²) in [6.07, 6.45) is 4.52. The predicted molar refractivity (Wildman–Crippen MR) is 90.2 cm³/mol. The fraction of sp³-hybridized carbons (Fsp3) is 0.389. The van der Waals surface area contributed by atoms with Crippen molar-refractivity contribution in [2.24, 2.45) is 7.05 Å². The Kier molecular flexibility index (Phi) is 5.14. The number of morpholine rings is 1.